The molecule has 3 aromatic rings. The summed E-state index contributed by atoms with van der Waals surface area (Å²) in [5.41, 5.74) is 2.19. The van der Waals surface area contributed by atoms with E-state index >= 15 is 0 Å². The molecular formula is C25H25BrN2O4S. The summed E-state index contributed by atoms with van der Waals surface area (Å²) in [5.74, 6) is 0.376. The largest absolute Gasteiger partial charge is 0.492 e. The van der Waals surface area contributed by atoms with E-state index in [2.05, 4.69) is 33.4 Å². The minimum Gasteiger partial charge on any atom is -0.492 e. The maximum Gasteiger partial charge on any atom is 0.255 e. The Morgan fingerprint density at radius 3 is 2.33 bits per heavy atom. The highest BCUT2D eigenvalue weighted by Gasteiger charge is 2.27. The van der Waals surface area contributed by atoms with Crippen molar-refractivity contribution >= 4 is 37.5 Å². The molecule has 1 heterocycles. The Balaban J connectivity index is 1.35. The van der Waals surface area contributed by atoms with Gasteiger partial charge >= 0.3 is 0 Å². The zero-order chi connectivity index (χ0) is 23.3. The molecule has 1 N–H and O–H groups in total. The molecule has 0 aromatic heterocycles. The molecule has 0 atom stereocenters. The van der Waals surface area contributed by atoms with E-state index in [-0.39, 0.29) is 10.8 Å². The van der Waals surface area contributed by atoms with Crippen molar-refractivity contribution in [1.82, 2.24) is 4.31 Å². The number of hydrogen-bond donors (Lipinski definition) is 1. The van der Waals surface area contributed by atoms with E-state index in [1.165, 1.54) is 22.0 Å². The molecule has 3 aromatic carbocycles. The molecule has 0 aliphatic carbocycles. The fourth-order valence-electron chi connectivity index (χ4n) is 3.67. The average molecular weight is 529 g/mol. The summed E-state index contributed by atoms with van der Waals surface area (Å²) < 4.78 is 33.3. The van der Waals surface area contributed by atoms with Gasteiger partial charge in [-0.3, -0.25) is 4.79 Å². The maximum atomic E-state index is 12.7. The third-order valence-electron chi connectivity index (χ3n) is 5.50. The molecule has 0 unspecified atom stereocenters. The van der Waals surface area contributed by atoms with Gasteiger partial charge in [0.1, 0.15) is 5.75 Å². The number of nitrogens with one attached hydrogen (secondary N) is 1. The Kier molecular flexibility index (Phi) is 7.47. The first-order chi connectivity index (χ1) is 15.9. The van der Waals surface area contributed by atoms with Gasteiger partial charge in [0, 0.05) is 30.8 Å². The fraction of sp³-hybridized carbons (Fsp3) is 0.240. The monoisotopic (exact) mass is 528 g/mol. The Hall–Kier alpha value is -2.68. The lowest BCUT2D eigenvalue weighted by atomic mass is 10.1. The van der Waals surface area contributed by atoms with Gasteiger partial charge in [-0.25, -0.2) is 8.42 Å². The molecule has 0 radical (unpaired) electrons. The quantitative estimate of drug-likeness (QED) is 0.440. The van der Waals surface area contributed by atoms with Crippen LogP contribution in [0.15, 0.2) is 82.2 Å². The number of sulfonamides is 1. The van der Waals surface area contributed by atoms with Gasteiger partial charge in [0.05, 0.1) is 16.0 Å². The summed E-state index contributed by atoms with van der Waals surface area (Å²) in [5, 5.41) is 2.81. The van der Waals surface area contributed by atoms with Crippen LogP contribution in [-0.2, 0) is 16.4 Å². The molecule has 1 aliphatic heterocycles. The molecule has 6 nitrogen and oxygen atoms in total. The number of hydrogen-bond acceptors (Lipinski definition) is 4. The summed E-state index contributed by atoms with van der Waals surface area (Å²) in [4.78, 5) is 12.9. The number of halogens is 1. The van der Waals surface area contributed by atoms with Crippen LogP contribution in [0.3, 0.4) is 0 Å². The van der Waals surface area contributed by atoms with Crippen molar-refractivity contribution in [2.24, 2.45) is 0 Å². The van der Waals surface area contributed by atoms with Crippen LogP contribution in [0.25, 0.3) is 0 Å². The molecule has 1 aliphatic rings. The first-order valence-electron chi connectivity index (χ1n) is 10.8. The van der Waals surface area contributed by atoms with Crippen LogP contribution in [0.5, 0.6) is 5.75 Å². The Morgan fingerprint density at radius 2 is 1.67 bits per heavy atom. The SMILES string of the molecule is O=C(Nc1ccc(S(=O)(=O)N2CCCC2)cc1)c1ccc(OCCc2ccccc2)c(Br)c1. The van der Waals surface area contributed by atoms with Gasteiger partial charge in [-0.1, -0.05) is 30.3 Å². The maximum absolute atomic E-state index is 12.7. The van der Waals surface area contributed by atoms with E-state index in [9.17, 15) is 13.2 Å². The Bertz CT molecular complexity index is 1210. The van der Waals surface area contributed by atoms with Crippen LogP contribution in [0.1, 0.15) is 28.8 Å². The summed E-state index contributed by atoms with van der Waals surface area (Å²) in [6.45, 7) is 1.64. The first-order valence-corrected chi connectivity index (χ1v) is 13.0. The molecule has 0 saturated carbocycles. The minimum atomic E-state index is -3.47. The zero-order valence-electron chi connectivity index (χ0n) is 18.0. The van der Waals surface area contributed by atoms with Crippen LogP contribution in [0, 0.1) is 0 Å². The number of nitrogens with zero attached hydrogens (tertiary/aromatic N) is 1. The molecular weight excluding hydrogens is 504 g/mol. The van der Waals surface area contributed by atoms with E-state index < -0.39 is 10.0 Å². The minimum absolute atomic E-state index is 0.238. The molecule has 1 amide bonds. The molecule has 1 fully saturated rings. The van der Waals surface area contributed by atoms with E-state index in [1.54, 1.807) is 30.3 Å². The van der Waals surface area contributed by atoms with Crippen molar-refractivity contribution in [1.29, 1.82) is 0 Å². The lowest BCUT2D eigenvalue weighted by molar-refractivity contribution is 0.102. The zero-order valence-corrected chi connectivity index (χ0v) is 20.4. The first kappa shape index (κ1) is 23.5. The predicted octanol–water partition coefficient (Wildman–Crippen LogP) is 5.11. The summed E-state index contributed by atoms with van der Waals surface area (Å²) in [6, 6.07) is 21.5. The second-order valence-electron chi connectivity index (χ2n) is 7.82. The van der Waals surface area contributed by atoms with E-state index in [0.29, 0.717) is 41.2 Å². The summed E-state index contributed by atoms with van der Waals surface area (Å²) in [6.07, 6.45) is 2.57. The molecule has 172 valence electrons. The number of rotatable bonds is 8. The van der Waals surface area contributed by atoms with E-state index in [1.807, 2.05) is 18.2 Å². The number of ether oxygens (including phenoxy) is 1. The van der Waals surface area contributed by atoms with Crippen molar-refractivity contribution in [2.75, 3.05) is 25.0 Å². The number of benzene rings is 3. The third kappa shape index (κ3) is 5.82. The lowest BCUT2D eigenvalue weighted by Crippen LogP contribution is -2.27. The van der Waals surface area contributed by atoms with Crippen molar-refractivity contribution in [3.8, 4) is 5.75 Å². The van der Waals surface area contributed by atoms with Gasteiger partial charge in [-0.15, -0.1) is 0 Å². The average Bonchev–Trinajstić information content (AvgIpc) is 3.37. The van der Waals surface area contributed by atoms with Gasteiger partial charge in [0.15, 0.2) is 0 Å². The Morgan fingerprint density at radius 1 is 0.970 bits per heavy atom. The van der Waals surface area contributed by atoms with Gasteiger partial charge < -0.3 is 10.1 Å². The fourth-order valence-corrected chi connectivity index (χ4v) is 5.68. The topological polar surface area (TPSA) is 75.7 Å². The van der Waals surface area contributed by atoms with Crippen molar-refractivity contribution in [3.05, 3.63) is 88.4 Å². The molecule has 0 bridgehead atoms. The standard InChI is InChI=1S/C25H25BrN2O4S/c26-23-18-20(8-13-24(23)32-17-14-19-6-2-1-3-7-19)25(29)27-21-9-11-22(12-10-21)33(30,31)28-15-4-5-16-28/h1-3,6-13,18H,4-5,14-17H2,(H,27,29). The van der Waals surface area contributed by atoms with Gasteiger partial charge in [-0.05, 0) is 76.8 Å². The Labute approximate surface area is 202 Å². The van der Waals surface area contributed by atoms with Gasteiger partial charge in [0.25, 0.3) is 5.91 Å². The molecule has 33 heavy (non-hydrogen) atoms. The highest BCUT2D eigenvalue weighted by atomic mass is 79.9. The smallest absolute Gasteiger partial charge is 0.255 e. The molecule has 4 rings (SSSR count). The lowest BCUT2D eigenvalue weighted by Gasteiger charge is -2.15. The van der Waals surface area contributed by atoms with Crippen LogP contribution < -0.4 is 10.1 Å². The predicted molar refractivity (Wildman–Crippen MR) is 132 cm³/mol. The van der Waals surface area contributed by atoms with Crippen LogP contribution in [0.4, 0.5) is 5.69 Å². The van der Waals surface area contributed by atoms with Crippen molar-refractivity contribution in [3.63, 3.8) is 0 Å². The van der Waals surface area contributed by atoms with Crippen molar-refractivity contribution < 1.29 is 17.9 Å². The normalized spacial score (nSPS) is 14.2. The van der Waals surface area contributed by atoms with Gasteiger partial charge in [0.2, 0.25) is 10.0 Å². The molecule has 1 saturated heterocycles. The summed E-state index contributed by atoms with van der Waals surface area (Å²) in [7, 11) is -3.47. The number of carbonyl (C=O) groups excluding carboxylic acids is 1. The highest BCUT2D eigenvalue weighted by molar-refractivity contribution is 9.10. The van der Waals surface area contributed by atoms with Crippen LogP contribution in [-0.4, -0.2) is 38.3 Å². The third-order valence-corrected chi connectivity index (χ3v) is 8.03. The van der Waals surface area contributed by atoms with Crippen LogP contribution >= 0.6 is 15.9 Å². The number of anilines is 1. The number of carbonyl (C=O) groups is 1. The van der Waals surface area contributed by atoms with Crippen molar-refractivity contribution in [2.45, 2.75) is 24.2 Å². The molecule has 0 spiro atoms. The molecule has 8 heteroatoms. The van der Waals surface area contributed by atoms with E-state index in [0.717, 1.165) is 19.3 Å². The van der Waals surface area contributed by atoms with Crippen LogP contribution in [0.2, 0.25) is 0 Å². The highest BCUT2D eigenvalue weighted by Crippen LogP contribution is 2.27. The second-order valence-corrected chi connectivity index (χ2v) is 10.6. The second kappa shape index (κ2) is 10.5. The van der Waals surface area contributed by atoms with E-state index in [4.69, 9.17) is 4.74 Å². The summed E-state index contributed by atoms with van der Waals surface area (Å²) >= 11 is 3.47. The van der Waals surface area contributed by atoms with Gasteiger partial charge in [-0.2, -0.15) is 4.31 Å². The number of amides is 1.